The van der Waals surface area contributed by atoms with Crippen molar-refractivity contribution >= 4 is 8.80 Å². The molecule has 0 aromatic heterocycles. The largest absolute Gasteiger partial charge is 0.500 e. The van der Waals surface area contributed by atoms with Crippen molar-refractivity contribution in [2.24, 2.45) is 0 Å². The van der Waals surface area contributed by atoms with E-state index in [4.69, 9.17) is 13.3 Å². The molecule has 0 fully saturated rings. The summed E-state index contributed by atoms with van der Waals surface area (Å²) in [6.45, 7) is 3.84. The van der Waals surface area contributed by atoms with Crippen molar-refractivity contribution in [2.45, 2.75) is 51.7 Å². The van der Waals surface area contributed by atoms with Gasteiger partial charge >= 0.3 is 8.80 Å². The first-order valence-electron chi connectivity index (χ1n) is 7.75. The third-order valence-electron chi connectivity index (χ3n) is 3.56. The van der Waals surface area contributed by atoms with Crippen molar-refractivity contribution in [3.63, 3.8) is 0 Å². The van der Waals surface area contributed by atoms with Crippen LogP contribution in [0.2, 0.25) is 6.04 Å². The summed E-state index contributed by atoms with van der Waals surface area (Å²) < 4.78 is 56.2. The molecule has 132 valence electrons. The van der Waals surface area contributed by atoms with Gasteiger partial charge < -0.3 is 13.3 Å². The van der Waals surface area contributed by atoms with Gasteiger partial charge in [-0.15, -0.1) is 0 Å². The summed E-state index contributed by atoms with van der Waals surface area (Å²) in [5.41, 5.74) is 0.198. The summed E-state index contributed by atoms with van der Waals surface area (Å²) in [5.74, 6) is -2.88. The van der Waals surface area contributed by atoms with Crippen LogP contribution in [0.25, 0.3) is 0 Å². The SMILES string of the molecule is CO[Si](CCCCCc1cc(F)c(F)cc1F)(OC)OC(C)C. The van der Waals surface area contributed by atoms with Crippen LogP contribution in [0.5, 0.6) is 0 Å². The molecular weight excluding hydrogens is 325 g/mol. The van der Waals surface area contributed by atoms with E-state index >= 15 is 0 Å². The van der Waals surface area contributed by atoms with Gasteiger partial charge in [0.05, 0.1) is 0 Å². The Morgan fingerprint density at radius 2 is 1.52 bits per heavy atom. The van der Waals surface area contributed by atoms with Crippen LogP contribution in [0.4, 0.5) is 13.2 Å². The predicted molar refractivity (Wildman–Crippen MR) is 84.7 cm³/mol. The zero-order chi connectivity index (χ0) is 17.5. The summed E-state index contributed by atoms with van der Waals surface area (Å²) in [5, 5.41) is 0. The second-order valence-electron chi connectivity index (χ2n) is 5.68. The molecule has 23 heavy (non-hydrogen) atoms. The zero-order valence-electron chi connectivity index (χ0n) is 14.1. The molecule has 3 nitrogen and oxygen atoms in total. The van der Waals surface area contributed by atoms with Gasteiger partial charge in [-0.2, -0.15) is 0 Å². The summed E-state index contributed by atoms with van der Waals surface area (Å²) in [6, 6.07) is 2.18. The molecule has 0 amide bonds. The Hall–Kier alpha value is -0.893. The summed E-state index contributed by atoms with van der Waals surface area (Å²) in [6.07, 6.45) is 2.63. The monoisotopic (exact) mass is 350 g/mol. The summed E-state index contributed by atoms with van der Waals surface area (Å²) in [4.78, 5) is 0. The lowest BCUT2D eigenvalue weighted by Crippen LogP contribution is -2.45. The number of hydrogen-bond donors (Lipinski definition) is 0. The molecule has 1 aromatic carbocycles. The molecule has 0 aliphatic heterocycles. The molecule has 0 heterocycles. The van der Waals surface area contributed by atoms with Crippen molar-refractivity contribution in [3.8, 4) is 0 Å². The van der Waals surface area contributed by atoms with Crippen LogP contribution in [-0.2, 0) is 19.7 Å². The molecule has 1 rings (SSSR count). The summed E-state index contributed by atoms with van der Waals surface area (Å²) >= 11 is 0. The topological polar surface area (TPSA) is 27.7 Å². The number of rotatable bonds is 10. The van der Waals surface area contributed by atoms with Crippen molar-refractivity contribution in [3.05, 3.63) is 35.1 Å². The molecule has 0 atom stereocenters. The number of halogens is 3. The van der Waals surface area contributed by atoms with Gasteiger partial charge in [-0.3, -0.25) is 0 Å². The van der Waals surface area contributed by atoms with Crippen LogP contribution in [0.3, 0.4) is 0 Å². The van der Waals surface area contributed by atoms with E-state index in [-0.39, 0.29) is 11.7 Å². The quantitative estimate of drug-likeness (QED) is 0.354. The molecule has 0 bridgehead atoms. The molecular formula is C16H25F3O3Si. The minimum Gasteiger partial charge on any atom is -0.377 e. The lowest BCUT2D eigenvalue weighted by atomic mass is 10.1. The Bertz CT molecular complexity index is 494. The Kier molecular flexibility index (Phi) is 8.25. The molecule has 0 unspecified atom stereocenters. The van der Waals surface area contributed by atoms with E-state index in [0.717, 1.165) is 18.9 Å². The average molecular weight is 350 g/mol. The highest BCUT2D eigenvalue weighted by atomic mass is 28.4. The van der Waals surface area contributed by atoms with Gasteiger partial charge in [0, 0.05) is 32.4 Å². The maximum Gasteiger partial charge on any atom is 0.500 e. The highest BCUT2D eigenvalue weighted by molar-refractivity contribution is 6.60. The number of aryl methyl sites for hydroxylation is 1. The maximum atomic E-state index is 13.5. The zero-order valence-corrected chi connectivity index (χ0v) is 15.1. The Morgan fingerprint density at radius 3 is 2.09 bits per heavy atom. The molecule has 0 saturated heterocycles. The second-order valence-corrected chi connectivity index (χ2v) is 8.59. The normalized spacial score (nSPS) is 12.2. The van der Waals surface area contributed by atoms with Gasteiger partial charge in [0.1, 0.15) is 5.82 Å². The van der Waals surface area contributed by atoms with Crippen molar-refractivity contribution in [1.29, 1.82) is 0 Å². The highest BCUT2D eigenvalue weighted by Gasteiger charge is 2.39. The Labute approximate surface area is 137 Å². The molecule has 1 aromatic rings. The van der Waals surface area contributed by atoms with E-state index in [2.05, 4.69) is 0 Å². The van der Waals surface area contributed by atoms with Gasteiger partial charge in [0.2, 0.25) is 0 Å². The molecule has 0 radical (unpaired) electrons. The molecule has 0 aliphatic rings. The Balaban J connectivity index is 2.44. The van der Waals surface area contributed by atoms with Crippen LogP contribution >= 0.6 is 0 Å². The maximum absolute atomic E-state index is 13.5. The fourth-order valence-corrected chi connectivity index (χ4v) is 4.68. The van der Waals surface area contributed by atoms with Crippen LogP contribution in [0, 0.1) is 17.5 Å². The van der Waals surface area contributed by atoms with E-state index < -0.39 is 26.3 Å². The summed E-state index contributed by atoms with van der Waals surface area (Å²) in [7, 11) is 0.510. The average Bonchev–Trinajstić information content (AvgIpc) is 2.50. The third kappa shape index (κ3) is 6.25. The number of benzene rings is 1. The van der Waals surface area contributed by atoms with Gasteiger partial charge in [0.15, 0.2) is 11.6 Å². The highest BCUT2D eigenvalue weighted by Crippen LogP contribution is 2.21. The molecule has 0 spiro atoms. The molecule has 0 N–H and O–H groups in total. The fraction of sp³-hybridized carbons (Fsp3) is 0.625. The minimum atomic E-state index is -2.65. The van der Waals surface area contributed by atoms with Gasteiger partial charge in [-0.05, 0) is 44.7 Å². The first-order valence-corrected chi connectivity index (χ1v) is 9.68. The minimum absolute atomic E-state index is 0.0119. The third-order valence-corrected chi connectivity index (χ3v) is 6.60. The van der Waals surface area contributed by atoms with Gasteiger partial charge in [-0.1, -0.05) is 6.42 Å². The van der Waals surface area contributed by atoms with E-state index in [1.54, 1.807) is 14.2 Å². The predicted octanol–water partition coefficient (Wildman–Crippen LogP) is 4.47. The van der Waals surface area contributed by atoms with Gasteiger partial charge in [0.25, 0.3) is 0 Å². The van der Waals surface area contributed by atoms with Crippen LogP contribution in [-0.4, -0.2) is 29.1 Å². The fourth-order valence-electron chi connectivity index (χ4n) is 2.39. The standard InChI is InChI=1S/C16H25F3O3Si/c1-12(2)22-23(20-3,21-4)9-7-5-6-8-13-10-15(18)16(19)11-14(13)17/h10-12H,5-9H2,1-4H3. The van der Waals surface area contributed by atoms with E-state index in [9.17, 15) is 13.2 Å². The van der Waals surface area contributed by atoms with Crippen LogP contribution in [0.1, 0.15) is 38.7 Å². The first-order chi connectivity index (χ1) is 10.8. The van der Waals surface area contributed by atoms with Crippen molar-refractivity contribution in [2.75, 3.05) is 14.2 Å². The van der Waals surface area contributed by atoms with Crippen LogP contribution < -0.4 is 0 Å². The van der Waals surface area contributed by atoms with Crippen molar-refractivity contribution < 1.29 is 26.4 Å². The van der Waals surface area contributed by atoms with E-state index in [1.165, 1.54) is 0 Å². The molecule has 0 aliphatic carbocycles. The van der Waals surface area contributed by atoms with Gasteiger partial charge in [-0.25, -0.2) is 13.2 Å². The lowest BCUT2D eigenvalue weighted by molar-refractivity contribution is 0.0693. The second kappa shape index (κ2) is 9.41. The van der Waals surface area contributed by atoms with E-state index in [1.807, 2.05) is 13.8 Å². The lowest BCUT2D eigenvalue weighted by Gasteiger charge is -2.28. The molecule has 0 saturated carbocycles. The number of unbranched alkanes of at least 4 members (excludes halogenated alkanes) is 2. The van der Waals surface area contributed by atoms with E-state index in [0.29, 0.717) is 25.0 Å². The van der Waals surface area contributed by atoms with Crippen molar-refractivity contribution in [1.82, 2.24) is 0 Å². The van der Waals surface area contributed by atoms with Crippen LogP contribution in [0.15, 0.2) is 12.1 Å². The molecule has 7 heteroatoms. The number of hydrogen-bond acceptors (Lipinski definition) is 3. The smallest absolute Gasteiger partial charge is 0.377 e. The first kappa shape index (κ1) is 20.2. The Morgan fingerprint density at radius 1 is 0.913 bits per heavy atom.